The van der Waals surface area contributed by atoms with Crippen molar-refractivity contribution in [3.05, 3.63) is 4.88 Å². The van der Waals surface area contributed by atoms with Crippen molar-refractivity contribution in [2.75, 3.05) is 30.5 Å². The highest BCUT2D eigenvalue weighted by Crippen LogP contribution is 2.41. The Morgan fingerprint density at radius 3 is 2.43 bits per heavy atom. The van der Waals surface area contributed by atoms with E-state index in [4.69, 9.17) is 11.5 Å². The maximum absolute atomic E-state index is 12.0. The zero-order chi connectivity index (χ0) is 15.8. The number of nitrogens with two attached hydrogens (primary N) is 2. The molecule has 4 N–H and O–H groups in total. The number of nitrogen functional groups attached to an aromatic ring is 1. The number of rotatable bonds is 5. The number of carbonyl (C=O) groups excluding carboxylic acids is 1. The van der Waals surface area contributed by atoms with Crippen LogP contribution < -0.4 is 16.4 Å². The Morgan fingerprint density at radius 2 is 1.95 bits per heavy atom. The molecule has 21 heavy (non-hydrogen) atoms. The summed E-state index contributed by atoms with van der Waals surface area (Å²) in [5, 5.41) is 0.510. The Balaban J connectivity index is 2.41. The van der Waals surface area contributed by atoms with Crippen molar-refractivity contribution in [3.63, 3.8) is 0 Å². The van der Waals surface area contributed by atoms with Gasteiger partial charge >= 0.3 is 0 Å². The molecule has 0 radical (unpaired) electrons. The lowest BCUT2D eigenvalue weighted by Gasteiger charge is -2.22. The molecule has 0 saturated heterocycles. The smallest absolute Gasteiger partial charge is 0.261 e. The van der Waals surface area contributed by atoms with Gasteiger partial charge in [0.1, 0.15) is 14.8 Å². The van der Waals surface area contributed by atoms with E-state index in [1.807, 2.05) is 11.9 Å². The van der Waals surface area contributed by atoms with Crippen LogP contribution in [0.15, 0.2) is 4.90 Å². The number of anilines is 2. The van der Waals surface area contributed by atoms with Crippen molar-refractivity contribution in [3.8, 4) is 0 Å². The van der Waals surface area contributed by atoms with Crippen LogP contribution in [0.3, 0.4) is 0 Å². The predicted molar refractivity (Wildman–Crippen MR) is 85.6 cm³/mol. The number of hydrogen-bond donors (Lipinski definition) is 2. The van der Waals surface area contributed by atoms with E-state index in [1.165, 1.54) is 12.8 Å². The molecular formula is C13H21N3O3S2. The summed E-state index contributed by atoms with van der Waals surface area (Å²) in [6.45, 7) is 0.765. The van der Waals surface area contributed by atoms with Crippen LogP contribution in [0.4, 0.5) is 10.7 Å². The molecule has 2 rings (SSSR count). The van der Waals surface area contributed by atoms with Crippen LogP contribution in [0.1, 0.15) is 35.4 Å². The summed E-state index contributed by atoms with van der Waals surface area (Å²) in [6, 6.07) is 0. The molecule has 1 fully saturated rings. The van der Waals surface area contributed by atoms with Crippen molar-refractivity contribution in [1.29, 1.82) is 0 Å². The maximum Gasteiger partial charge on any atom is 0.261 e. The summed E-state index contributed by atoms with van der Waals surface area (Å²) in [5.74, 6) is -0.134. The van der Waals surface area contributed by atoms with Crippen LogP contribution in [-0.4, -0.2) is 34.2 Å². The Morgan fingerprint density at radius 1 is 1.38 bits per heavy atom. The first-order valence-corrected chi connectivity index (χ1v) is 9.56. The highest BCUT2D eigenvalue weighted by Gasteiger charge is 2.29. The van der Waals surface area contributed by atoms with E-state index in [0.29, 0.717) is 10.9 Å². The summed E-state index contributed by atoms with van der Waals surface area (Å²) in [4.78, 5) is 13.5. The van der Waals surface area contributed by atoms with E-state index < -0.39 is 15.7 Å². The number of carbonyl (C=O) groups is 1. The monoisotopic (exact) mass is 331 g/mol. The molecule has 0 aromatic carbocycles. The van der Waals surface area contributed by atoms with Crippen molar-refractivity contribution in [1.82, 2.24) is 0 Å². The van der Waals surface area contributed by atoms with Crippen LogP contribution in [0.2, 0.25) is 0 Å². The van der Waals surface area contributed by atoms with E-state index in [9.17, 15) is 13.2 Å². The third-order valence-electron chi connectivity index (χ3n) is 3.83. The van der Waals surface area contributed by atoms with Gasteiger partial charge in [-0.3, -0.25) is 4.79 Å². The Kier molecular flexibility index (Phi) is 4.48. The van der Waals surface area contributed by atoms with Gasteiger partial charge in [0, 0.05) is 19.8 Å². The molecule has 1 saturated carbocycles. The summed E-state index contributed by atoms with van der Waals surface area (Å²) in [5.41, 5.74) is 11.1. The van der Waals surface area contributed by atoms with Gasteiger partial charge in [-0.25, -0.2) is 8.42 Å². The van der Waals surface area contributed by atoms with Crippen molar-refractivity contribution >= 4 is 37.8 Å². The largest absolute Gasteiger partial charge is 0.396 e. The van der Waals surface area contributed by atoms with E-state index >= 15 is 0 Å². The Labute approximate surface area is 129 Å². The van der Waals surface area contributed by atoms with Crippen LogP contribution in [0, 0.1) is 5.92 Å². The molecule has 0 bridgehead atoms. The third kappa shape index (κ3) is 3.32. The van der Waals surface area contributed by atoms with Gasteiger partial charge in [0.25, 0.3) is 5.91 Å². The number of hydrogen-bond acceptors (Lipinski definition) is 6. The second-order valence-corrected chi connectivity index (χ2v) is 8.60. The molecule has 1 aromatic rings. The Hall–Kier alpha value is -1.28. The highest BCUT2D eigenvalue weighted by molar-refractivity contribution is 7.91. The summed E-state index contributed by atoms with van der Waals surface area (Å²) < 4.78 is 24.0. The topological polar surface area (TPSA) is 106 Å². The fraction of sp³-hybridized carbons (Fsp3) is 0.615. The molecule has 0 atom stereocenters. The lowest BCUT2D eigenvalue weighted by atomic mass is 10.1. The minimum absolute atomic E-state index is 0.0247. The van der Waals surface area contributed by atoms with Crippen molar-refractivity contribution in [2.45, 2.75) is 30.6 Å². The lowest BCUT2D eigenvalue weighted by Crippen LogP contribution is -2.24. The van der Waals surface area contributed by atoms with E-state index in [1.54, 1.807) is 0 Å². The van der Waals surface area contributed by atoms with Gasteiger partial charge in [0.15, 0.2) is 9.84 Å². The van der Waals surface area contributed by atoms with E-state index in [-0.39, 0.29) is 15.5 Å². The van der Waals surface area contributed by atoms with Crippen LogP contribution in [-0.2, 0) is 9.84 Å². The first kappa shape index (κ1) is 16.1. The first-order valence-electron chi connectivity index (χ1n) is 6.85. The number of sulfone groups is 1. The molecular weight excluding hydrogens is 310 g/mol. The van der Waals surface area contributed by atoms with Crippen molar-refractivity contribution in [2.24, 2.45) is 11.7 Å². The van der Waals surface area contributed by atoms with Crippen molar-refractivity contribution < 1.29 is 13.2 Å². The molecule has 1 amide bonds. The van der Waals surface area contributed by atoms with Gasteiger partial charge in [-0.2, -0.15) is 0 Å². The first-order chi connectivity index (χ1) is 9.71. The molecule has 0 unspecified atom stereocenters. The number of nitrogens with zero attached hydrogens (tertiary/aromatic N) is 1. The number of thiophene rings is 1. The second-order valence-electron chi connectivity index (χ2n) is 5.65. The van der Waals surface area contributed by atoms with Crippen LogP contribution in [0.25, 0.3) is 0 Å². The number of amides is 1. The van der Waals surface area contributed by atoms with Gasteiger partial charge in [-0.05, 0) is 18.8 Å². The second kappa shape index (κ2) is 5.84. The van der Waals surface area contributed by atoms with Gasteiger partial charge in [-0.15, -0.1) is 11.3 Å². The lowest BCUT2D eigenvalue weighted by molar-refractivity contribution is 0.100. The fourth-order valence-corrected chi connectivity index (χ4v) is 5.43. The van der Waals surface area contributed by atoms with Gasteiger partial charge in [0.05, 0.1) is 5.69 Å². The highest BCUT2D eigenvalue weighted by atomic mass is 32.2. The molecule has 0 aliphatic heterocycles. The molecule has 6 nitrogen and oxygen atoms in total. The zero-order valence-corrected chi connectivity index (χ0v) is 13.9. The Bertz CT molecular complexity index is 646. The quantitative estimate of drug-likeness (QED) is 0.849. The SMILES string of the molecule is CN(CC1CCCC1)c1sc(C(N)=O)c(N)c1S(C)(=O)=O. The minimum atomic E-state index is -3.52. The normalized spacial score (nSPS) is 16.3. The summed E-state index contributed by atoms with van der Waals surface area (Å²) in [7, 11) is -1.68. The molecule has 1 aliphatic carbocycles. The average Bonchev–Trinajstić information content (AvgIpc) is 2.94. The molecule has 1 aliphatic rings. The molecule has 1 aromatic heterocycles. The maximum atomic E-state index is 12.0. The molecule has 0 spiro atoms. The van der Waals surface area contributed by atoms with Gasteiger partial charge in [0.2, 0.25) is 0 Å². The molecule has 1 heterocycles. The fourth-order valence-electron chi connectivity index (χ4n) is 2.87. The minimum Gasteiger partial charge on any atom is -0.396 e. The third-order valence-corrected chi connectivity index (χ3v) is 6.45. The van der Waals surface area contributed by atoms with Crippen LogP contribution in [0.5, 0.6) is 0 Å². The van der Waals surface area contributed by atoms with Gasteiger partial charge < -0.3 is 16.4 Å². The zero-order valence-electron chi connectivity index (χ0n) is 12.3. The molecule has 8 heteroatoms. The summed E-state index contributed by atoms with van der Waals surface area (Å²) >= 11 is 1.06. The summed E-state index contributed by atoms with van der Waals surface area (Å²) in [6.07, 6.45) is 5.85. The standard InChI is InChI=1S/C13H21N3O3S2/c1-16(7-8-5-3-4-6-8)13-11(21(2,18)19)9(14)10(20-13)12(15)17/h8H,3-7,14H2,1-2H3,(H2,15,17). The predicted octanol–water partition coefficient (Wildman–Crippen LogP) is 1.46. The van der Waals surface area contributed by atoms with Crippen LogP contribution >= 0.6 is 11.3 Å². The van der Waals surface area contributed by atoms with E-state index in [2.05, 4.69) is 0 Å². The van der Waals surface area contributed by atoms with E-state index in [0.717, 1.165) is 37.0 Å². The molecule has 118 valence electrons. The van der Waals surface area contributed by atoms with Gasteiger partial charge in [-0.1, -0.05) is 12.8 Å². The number of primary amides is 1. The average molecular weight is 331 g/mol.